The van der Waals surface area contributed by atoms with Crippen molar-refractivity contribution in [1.82, 2.24) is 0 Å². The van der Waals surface area contributed by atoms with E-state index in [4.69, 9.17) is 21.1 Å². The second-order valence-corrected chi connectivity index (χ2v) is 29.3. The molecule has 0 aromatic carbocycles. The number of alkyl halides is 2. The summed E-state index contributed by atoms with van der Waals surface area (Å²) in [4.78, 5) is 9.49. The van der Waals surface area contributed by atoms with Crippen molar-refractivity contribution in [3.8, 4) is 0 Å². The van der Waals surface area contributed by atoms with E-state index in [1.807, 2.05) is 55.4 Å². The summed E-state index contributed by atoms with van der Waals surface area (Å²) in [6, 6.07) is 0. The summed E-state index contributed by atoms with van der Waals surface area (Å²) in [5.41, 5.74) is 1.35. The highest BCUT2D eigenvalue weighted by atomic mass is 79.9. The number of methoxy groups -OCH3 is 1. The summed E-state index contributed by atoms with van der Waals surface area (Å²) in [5.74, 6) is 1.64. The van der Waals surface area contributed by atoms with Crippen LogP contribution in [0.25, 0.3) is 0 Å². The Hall–Kier alpha value is 0.0900. The summed E-state index contributed by atoms with van der Waals surface area (Å²) in [7, 11) is 1.71. The van der Waals surface area contributed by atoms with Gasteiger partial charge in [-0.25, -0.2) is 0 Å². The lowest BCUT2D eigenvalue weighted by atomic mass is 9.84. The number of ether oxygens (including phenoxy) is 2. The van der Waals surface area contributed by atoms with E-state index in [0.717, 1.165) is 11.8 Å². The van der Waals surface area contributed by atoms with Gasteiger partial charge in [-0.15, -0.1) is 11.6 Å². The minimum absolute atomic E-state index is 0. The third-order valence-corrected chi connectivity index (χ3v) is 5.56. The van der Waals surface area contributed by atoms with Gasteiger partial charge < -0.3 is 9.47 Å². The van der Waals surface area contributed by atoms with Gasteiger partial charge in [-0.1, -0.05) is 175 Å². The second-order valence-electron chi connectivity index (χ2n) is 25.8. The zero-order chi connectivity index (χ0) is 49.6. The SMILES string of the molecule is C.CC(C)(C)Br.CC(C)(C)C.CC(C)(C)Cl.CC(C)(C)[N+](=O)[O-].CC(C)C(C)(C)C.CC(C)CC(C)(C)C.CC(C)OC(C)(C)C.CCC(C)(C)C.COC(C)(C)C. The Morgan fingerprint density at radius 3 is 0.759 bits per heavy atom. The lowest BCUT2D eigenvalue weighted by Crippen LogP contribution is -2.25. The van der Waals surface area contributed by atoms with Crippen LogP contribution < -0.4 is 0 Å². The number of hydrogen-bond acceptors (Lipinski definition) is 4. The lowest BCUT2D eigenvalue weighted by molar-refractivity contribution is -0.555. The van der Waals surface area contributed by atoms with Crippen LogP contribution in [0.4, 0.5) is 0 Å². The van der Waals surface area contributed by atoms with Crippen LogP contribution in [-0.2, 0) is 9.47 Å². The Balaban J connectivity index is -0.0000000560. The largest absolute Gasteiger partial charge is 0.379 e. The average molecular weight is 926 g/mol. The van der Waals surface area contributed by atoms with Crippen molar-refractivity contribution >= 4 is 27.5 Å². The van der Waals surface area contributed by atoms with Crippen LogP contribution in [0.3, 0.4) is 0 Å². The molecule has 0 bridgehead atoms. The average Bonchev–Trinajstić information content (AvgIpc) is 2.77. The molecule has 0 aliphatic rings. The molecule has 366 valence electrons. The van der Waals surface area contributed by atoms with E-state index in [9.17, 15) is 10.1 Å². The molecule has 0 N–H and O–H groups in total. The Labute approximate surface area is 385 Å². The lowest BCUT2D eigenvalue weighted by Gasteiger charge is -2.22. The maximum Gasteiger partial charge on any atom is 0.214 e. The predicted octanol–water partition coefficient (Wildman–Crippen LogP) is 19.8. The van der Waals surface area contributed by atoms with E-state index in [2.05, 4.69) is 182 Å². The molecule has 0 spiro atoms. The van der Waals surface area contributed by atoms with Crippen LogP contribution in [0, 0.1) is 43.6 Å². The normalized spacial score (nSPS) is 12.0. The first-order chi connectivity index (χ1) is 23.8. The van der Waals surface area contributed by atoms with E-state index in [-0.39, 0.29) is 28.4 Å². The fourth-order valence-electron chi connectivity index (χ4n) is 1.93. The standard InChI is InChI=1S/C8H18.C7H16O.C7H16.C6H14.C5H12O.C5H12.C4H9Br.C4H9Cl.C4H9NO2.CH4/c1-7(2)6-8(3,4)5;1-6(2)8-7(3,4)5;1-6(2)7(3,4)5;1-5-6(2,3)4;1-5(2,3)6-4;1-5(2,3)4;2*1-4(2,3)5;1-4(2,3)5(6)7;/h7H,6H2,1-5H3;6H,1-5H3;6H,1-5H3;5H2,1-4H3;1-4H3;1-4H3;2*1-3H3;1-3H3;1H4. The first-order valence-corrected chi connectivity index (χ1v) is 22.8. The number of nitro groups is 1. The topological polar surface area (TPSA) is 61.6 Å². The van der Waals surface area contributed by atoms with Crippen molar-refractivity contribution in [2.45, 2.75) is 295 Å². The third-order valence-electron chi connectivity index (χ3n) is 5.56. The summed E-state index contributed by atoms with van der Waals surface area (Å²) in [6.07, 6.45) is 2.94. The maximum absolute atomic E-state index is 9.83. The van der Waals surface area contributed by atoms with Gasteiger partial charge in [0.2, 0.25) is 5.54 Å². The molecule has 0 unspecified atom stereocenters. The Bertz CT molecular complexity index is 770. The highest BCUT2D eigenvalue weighted by Gasteiger charge is 2.21. The quantitative estimate of drug-likeness (QED) is 0.157. The molecule has 0 fully saturated rings. The first-order valence-electron chi connectivity index (χ1n) is 21.6. The van der Waals surface area contributed by atoms with Crippen LogP contribution in [-0.4, -0.2) is 44.1 Å². The molecule has 58 heavy (non-hydrogen) atoms. The van der Waals surface area contributed by atoms with Gasteiger partial charge >= 0.3 is 0 Å². The molecule has 0 aliphatic carbocycles. The Morgan fingerprint density at radius 2 is 0.759 bits per heavy atom. The minimum Gasteiger partial charge on any atom is -0.379 e. The van der Waals surface area contributed by atoms with Crippen LogP contribution >= 0.6 is 27.5 Å². The molecule has 0 amide bonds. The monoisotopic (exact) mass is 924 g/mol. The molecule has 0 radical (unpaired) electrons. The van der Waals surface area contributed by atoms with Crippen molar-refractivity contribution in [3.63, 3.8) is 0 Å². The van der Waals surface area contributed by atoms with Crippen LogP contribution in [0.15, 0.2) is 0 Å². The fraction of sp³-hybridized carbons (Fsp3) is 1.00. The molecule has 0 saturated carbocycles. The van der Waals surface area contributed by atoms with Gasteiger partial charge in [0.05, 0.1) is 17.3 Å². The van der Waals surface area contributed by atoms with E-state index in [0.29, 0.717) is 32.1 Å². The first kappa shape index (κ1) is 81.9. The van der Waals surface area contributed by atoms with Crippen molar-refractivity contribution in [2.24, 2.45) is 33.5 Å². The molecular formula is C51H119BrClNO4. The van der Waals surface area contributed by atoms with E-state index in [1.54, 1.807) is 27.9 Å². The van der Waals surface area contributed by atoms with Gasteiger partial charge in [0, 0.05) is 42.0 Å². The van der Waals surface area contributed by atoms with Gasteiger partial charge in [-0.2, -0.15) is 0 Å². The molecule has 0 aromatic rings. The van der Waals surface area contributed by atoms with E-state index in [1.165, 1.54) is 12.8 Å². The minimum atomic E-state index is -0.778. The van der Waals surface area contributed by atoms with Gasteiger partial charge in [-0.3, -0.25) is 10.1 Å². The van der Waals surface area contributed by atoms with Gasteiger partial charge in [-0.05, 0) is 116 Å². The number of hydrogen-bond donors (Lipinski definition) is 0. The highest BCUT2D eigenvalue weighted by molar-refractivity contribution is 9.10. The van der Waals surface area contributed by atoms with Gasteiger partial charge in [0.1, 0.15) is 0 Å². The predicted molar refractivity (Wildman–Crippen MR) is 279 cm³/mol. The molecule has 0 rings (SSSR count). The van der Waals surface area contributed by atoms with Crippen molar-refractivity contribution in [2.75, 3.05) is 7.11 Å². The van der Waals surface area contributed by atoms with Crippen LogP contribution in [0.5, 0.6) is 0 Å². The molecule has 0 aromatic heterocycles. The molecule has 0 heterocycles. The van der Waals surface area contributed by atoms with Crippen molar-refractivity contribution in [1.29, 1.82) is 0 Å². The molecule has 0 atom stereocenters. The highest BCUT2D eigenvalue weighted by Crippen LogP contribution is 2.24. The second kappa shape index (κ2) is 36.6. The van der Waals surface area contributed by atoms with Gasteiger partial charge in [0.25, 0.3) is 0 Å². The summed E-state index contributed by atoms with van der Waals surface area (Å²) < 4.78 is 10.7. The Kier molecular flexibility index (Phi) is 51.6. The number of halogens is 2. The molecule has 0 saturated heterocycles. The van der Waals surface area contributed by atoms with Crippen LogP contribution in [0.1, 0.15) is 263 Å². The van der Waals surface area contributed by atoms with E-state index < -0.39 is 5.54 Å². The molecule has 0 aliphatic heterocycles. The summed E-state index contributed by atoms with van der Waals surface area (Å²) in [5, 5.41) is 9.83. The molecule has 5 nitrogen and oxygen atoms in total. The molecule has 7 heteroatoms. The third kappa shape index (κ3) is 216. The fourth-order valence-corrected chi connectivity index (χ4v) is 1.93. The molecular weight excluding hydrogens is 806 g/mol. The van der Waals surface area contributed by atoms with Gasteiger partial charge in [0.15, 0.2) is 0 Å². The number of rotatable bonds is 2. The van der Waals surface area contributed by atoms with Crippen molar-refractivity contribution < 1.29 is 14.4 Å². The smallest absolute Gasteiger partial charge is 0.214 e. The zero-order valence-corrected chi connectivity index (χ0v) is 48.8. The number of nitrogens with zero attached hydrogens (tertiary/aromatic N) is 1. The Morgan fingerprint density at radius 1 is 0.586 bits per heavy atom. The van der Waals surface area contributed by atoms with Crippen LogP contribution in [0.2, 0.25) is 0 Å². The summed E-state index contributed by atoms with van der Waals surface area (Å²) >= 11 is 8.91. The summed E-state index contributed by atoms with van der Waals surface area (Å²) in [6.45, 7) is 73.6. The van der Waals surface area contributed by atoms with Crippen molar-refractivity contribution in [3.05, 3.63) is 10.1 Å². The maximum atomic E-state index is 9.83. The zero-order valence-electron chi connectivity index (χ0n) is 46.5. The van der Waals surface area contributed by atoms with E-state index >= 15 is 0 Å².